The molecule has 0 N–H and O–H groups in total. The largest absolute Gasteiger partial charge is 0.404 e. The second-order valence-electron chi connectivity index (χ2n) is 4.37. The van der Waals surface area contributed by atoms with Crippen molar-refractivity contribution in [1.29, 1.82) is 0 Å². The van der Waals surface area contributed by atoms with Crippen LogP contribution >= 0.6 is 11.3 Å². The molecule has 1 aromatic carbocycles. The second-order valence-corrected chi connectivity index (χ2v) is 5.48. The zero-order valence-electron chi connectivity index (χ0n) is 11.0. The van der Waals surface area contributed by atoms with Crippen molar-refractivity contribution in [3.05, 3.63) is 63.1 Å². The van der Waals surface area contributed by atoms with Crippen LogP contribution in [0.2, 0.25) is 0 Å². The smallest absolute Gasteiger partial charge is 0.347 e. The molecule has 20 heavy (non-hydrogen) atoms. The van der Waals surface area contributed by atoms with E-state index < -0.39 is 0 Å². The van der Waals surface area contributed by atoms with Gasteiger partial charge < -0.3 is 4.42 Å². The Bertz CT molecular complexity index is 815. The van der Waals surface area contributed by atoms with E-state index in [0.717, 1.165) is 21.7 Å². The molecule has 0 fully saturated rings. The van der Waals surface area contributed by atoms with E-state index in [-0.39, 0.29) is 5.63 Å². The van der Waals surface area contributed by atoms with Gasteiger partial charge in [0.05, 0.1) is 5.39 Å². The van der Waals surface area contributed by atoms with Crippen molar-refractivity contribution >= 4 is 33.7 Å². The molecule has 0 unspecified atom stereocenters. The molecule has 0 aliphatic carbocycles. The van der Waals surface area contributed by atoms with E-state index in [2.05, 4.69) is 11.9 Å². The Morgan fingerprint density at radius 3 is 2.80 bits per heavy atom. The molecule has 2 aromatic heterocycles. The van der Waals surface area contributed by atoms with E-state index in [1.165, 1.54) is 0 Å². The topological polar surface area (TPSA) is 43.1 Å². The van der Waals surface area contributed by atoms with Gasteiger partial charge in [-0.3, -0.25) is 0 Å². The number of hydrogen-bond donors (Lipinski definition) is 0. The van der Waals surface area contributed by atoms with Crippen molar-refractivity contribution < 1.29 is 4.42 Å². The van der Waals surface area contributed by atoms with Crippen molar-refractivity contribution in [2.75, 3.05) is 0 Å². The first-order chi connectivity index (χ1) is 9.76. The lowest BCUT2D eigenvalue weighted by atomic mass is 10.2. The fourth-order valence-electron chi connectivity index (χ4n) is 1.91. The minimum Gasteiger partial charge on any atom is -0.404 e. The zero-order chi connectivity index (χ0) is 13.9. The van der Waals surface area contributed by atoms with Crippen LogP contribution in [0.3, 0.4) is 0 Å². The third kappa shape index (κ3) is 2.56. The molecule has 0 saturated carbocycles. The molecule has 100 valence electrons. The summed E-state index contributed by atoms with van der Waals surface area (Å²) in [6, 6.07) is 11.7. The maximum Gasteiger partial charge on any atom is 0.347 e. The monoisotopic (exact) mass is 283 g/mol. The van der Waals surface area contributed by atoms with Crippen LogP contribution in [0.5, 0.6) is 0 Å². The molecular weight excluding hydrogens is 270 g/mol. The summed E-state index contributed by atoms with van der Waals surface area (Å²) in [5.41, 5.74) is 0.719. The Morgan fingerprint density at radius 2 is 2.05 bits per heavy atom. The van der Waals surface area contributed by atoms with Gasteiger partial charge >= 0.3 is 5.63 Å². The Morgan fingerprint density at radius 1 is 1.25 bits per heavy atom. The average Bonchev–Trinajstić information content (AvgIpc) is 2.90. The fraction of sp³-hybridized carbons (Fsp3) is 0.125. The molecule has 2 heterocycles. The van der Waals surface area contributed by atoms with Gasteiger partial charge in [0.25, 0.3) is 0 Å². The highest BCUT2D eigenvalue weighted by molar-refractivity contribution is 7.18. The second kappa shape index (κ2) is 5.43. The molecule has 3 nitrogen and oxygen atoms in total. The third-order valence-corrected chi connectivity index (χ3v) is 4.13. The van der Waals surface area contributed by atoms with E-state index in [0.29, 0.717) is 11.3 Å². The lowest BCUT2D eigenvalue weighted by Gasteiger charge is -1.93. The van der Waals surface area contributed by atoms with Crippen LogP contribution in [-0.4, -0.2) is 4.98 Å². The zero-order valence-corrected chi connectivity index (χ0v) is 11.8. The molecule has 0 radical (unpaired) electrons. The molecular formula is C16H13NO2S. The fourth-order valence-corrected chi connectivity index (χ4v) is 2.87. The van der Waals surface area contributed by atoms with Crippen LogP contribution in [0.1, 0.15) is 23.3 Å². The van der Waals surface area contributed by atoms with Gasteiger partial charge in [-0.2, -0.15) is 0 Å². The van der Waals surface area contributed by atoms with Gasteiger partial charge in [-0.05, 0) is 24.1 Å². The standard InChI is InChI=1S/C16H13NO2S/c1-2-12-10-13-15(20-12)17-14(19-16(13)18)9-8-11-6-4-3-5-7-11/h3-10H,2H2,1H3/b9-8-. The summed E-state index contributed by atoms with van der Waals surface area (Å²) < 4.78 is 5.22. The lowest BCUT2D eigenvalue weighted by Crippen LogP contribution is -2.00. The van der Waals surface area contributed by atoms with Gasteiger partial charge in [-0.1, -0.05) is 37.3 Å². The minimum absolute atomic E-state index is 0.321. The first-order valence-corrected chi connectivity index (χ1v) is 7.24. The highest BCUT2D eigenvalue weighted by Gasteiger charge is 2.08. The molecule has 3 rings (SSSR count). The summed E-state index contributed by atoms with van der Waals surface area (Å²) in [5.74, 6) is 0.343. The summed E-state index contributed by atoms with van der Waals surface area (Å²) in [5, 5.41) is 0.573. The number of fused-ring (bicyclic) bond motifs is 1. The Balaban J connectivity index is 2.00. The Labute approximate surface area is 120 Å². The Hall–Kier alpha value is -2.20. The molecule has 0 aliphatic heterocycles. The molecule has 0 aliphatic rings. The summed E-state index contributed by atoms with van der Waals surface area (Å²) in [6.45, 7) is 2.06. The number of rotatable bonds is 3. The number of aryl methyl sites for hydroxylation is 1. The van der Waals surface area contributed by atoms with Gasteiger partial charge in [0.15, 0.2) is 0 Å². The van der Waals surface area contributed by atoms with Crippen LogP contribution in [0.15, 0.2) is 45.6 Å². The number of aromatic nitrogens is 1. The highest BCUT2D eigenvalue weighted by Crippen LogP contribution is 2.22. The van der Waals surface area contributed by atoms with E-state index in [9.17, 15) is 4.79 Å². The van der Waals surface area contributed by atoms with Gasteiger partial charge in [0.2, 0.25) is 5.89 Å². The number of nitrogens with zero attached hydrogens (tertiary/aromatic N) is 1. The predicted molar refractivity (Wildman–Crippen MR) is 82.9 cm³/mol. The summed E-state index contributed by atoms with van der Waals surface area (Å²) in [6.07, 6.45) is 4.50. The van der Waals surface area contributed by atoms with Crippen molar-refractivity contribution in [3.63, 3.8) is 0 Å². The van der Waals surface area contributed by atoms with Crippen LogP contribution in [0.4, 0.5) is 0 Å². The van der Waals surface area contributed by atoms with Gasteiger partial charge in [-0.15, -0.1) is 11.3 Å². The van der Waals surface area contributed by atoms with E-state index in [4.69, 9.17) is 4.42 Å². The van der Waals surface area contributed by atoms with Gasteiger partial charge in [-0.25, -0.2) is 9.78 Å². The van der Waals surface area contributed by atoms with Crippen LogP contribution in [0.25, 0.3) is 22.4 Å². The maximum atomic E-state index is 11.9. The van der Waals surface area contributed by atoms with Crippen molar-refractivity contribution in [2.45, 2.75) is 13.3 Å². The summed E-state index contributed by atoms with van der Waals surface area (Å²) in [7, 11) is 0. The number of hydrogen-bond acceptors (Lipinski definition) is 4. The number of thiophene rings is 1. The highest BCUT2D eigenvalue weighted by atomic mass is 32.1. The van der Waals surface area contributed by atoms with Gasteiger partial charge in [0.1, 0.15) is 4.83 Å². The molecule has 0 bridgehead atoms. The van der Waals surface area contributed by atoms with Crippen molar-refractivity contribution in [3.8, 4) is 0 Å². The SMILES string of the molecule is CCc1cc2c(=O)oc(/C=C\c3ccccc3)nc2s1. The van der Waals surface area contributed by atoms with Crippen LogP contribution < -0.4 is 5.63 Å². The summed E-state index contributed by atoms with van der Waals surface area (Å²) in [4.78, 5) is 18.2. The molecule has 0 atom stereocenters. The molecule has 4 heteroatoms. The van der Waals surface area contributed by atoms with Crippen molar-refractivity contribution in [1.82, 2.24) is 4.98 Å². The molecule has 0 saturated heterocycles. The van der Waals surface area contributed by atoms with E-state index in [1.54, 1.807) is 17.4 Å². The quantitative estimate of drug-likeness (QED) is 0.730. The lowest BCUT2D eigenvalue weighted by molar-refractivity contribution is 0.491. The average molecular weight is 283 g/mol. The van der Waals surface area contributed by atoms with Crippen molar-refractivity contribution in [2.24, 2.45) is 0 Å². The summed E-state index contributed by atoms with van der Waals surface area (Å²) >= 11 is 1.54. The number of benzene rings is 1. The van der Waals surface area contributed by atoms with E-state index in [1.807, 2.05) is 42.5 Å². The first-order valence-electron chi connectivity index (χ1n) is 6.43. The minimum atomic E-state index is -0.321. The molecule has 0 spiro atoms. The van der Waals surface area contributed by atoms with Crippen LogP contribution in [0, 0.1) is 0 Å². The normalized spacial score (nSPS) is 11.4. The van der Waals surface area contributed by atoms with Crippen LogP contribution in [-0.2, 0) is 6.42 Å². The van der Waals surface area contributed by atoms with Gasteiger partial charge in [0, 0.05) is 11.0 Å². The first kappa shape index (κ1) is 12.8. The Kier molecular flexibility index (Phi) is 3.48. The predicted octanol–water partition coefficient (Wildman–Crippen LogP) is 3.98. The molecule has 0 amide bonds. The maximum absolute atomic E-state index is 11.9. The molecule has 3 aromatic rings. The van der Waals surface area contributed by atoms with E-state index >= 15 is 0 Å². The third-order valence-electron chi connectivity index (χ3n) is 2.96.